The lowest BCUT2D eigenvalue weighted by Crippen LogP contribution is -2.13. The van der Waals surface area contributed by atoms with Crippen LogP contribution in [0.2, 0.25) is 0 Å². The summed E-state index contributed by atoms with van der Waals surface area (Å²) in [5, 5.41) is 12.1. The van der Waals surface area contributed by atoms with Crippen LogP contribution in [0.4, 0.5) is 5.69 Å². The molecule has 2 N–H and O–H groups in total. The van der Waals surface area contributed by atoms with E-state index < -0.39 is 0 Å². The van der Waals surface area contributed by atoms with Crippen LogP contribution in [0.1, 0.15) is 35.5 Å². The van der Waals surface area contributed by atoms with Gasteiger partial charge < -0.3 is 19.6 Å². The second-order valence-electron chi connectivity index (χ2n) is 7.14. The highest BCUT2D eigenvalue weighted by atomic mass is 16.5. The number of aryl methyl sites for hydroxylation is 1. The number of amides is 1. The van der Waals surface area contributed by atoms with Gasteiger partial charge in [0.05, 0.1) is 6.61 Å². The van der Waals surface area contributed by atoms with E-state index in [1.165, 1.54) is 0 Å². The summed E-state index contributed by atoms with van der Waals surface area (Å²) in [6, 6.07) is 16.4. The van der Waals surface area contributed by atoms with Crippen LogP contribution in [-0.2, 0) is 6.61 Å². The normalized spacial score (nSPS) is 10.9. The molecule has 0 aliphatic heterocycles. The van der Waals surface area contributed by atoms with Crippen molar-refractivity contribution >= 4 is 11.6 Å². The summed E-state index contributed by atoms with van der Waals surface area (Å²) in [6.45, 7) is 6.61. The van der Waals surface area contributed by atoms with Crippen LogP contribution in [0, 0.1) is 12.8 Å². The predicted molar refractivity (Wildman–Crippen MR) is 110 cm³/mol. The first-order chi connectivity index (χ1) is 13.5. The molecule has 3 aromatic rings. The summed E-state index contributed by atoms with van der Waals surface area (Å²) in [5.41, 5.74) is 3.05. The molecule has 0 fully saturated rings. The van der Waals surface area contributed by atoms with Gasteiger partial charge >= 0.3 is 0 Å². The Hall–Kier alpha value is -3.05. The van der Waals surface area contributed by atoms with Gasteiger partial charge in [-0.05, 0) is 60.9 Å². The van der Waals surface area contributed by atoms with E-state index in [1.807, 2.05) is 25.1 Å². The van der Waals surface area contributed by atoms with E-state index in [-0.39, 0.29) is 12.5 Å². The summed E-state index contributed by atoms with van der Waals surface area (Å²) < 4.78 is 11.2. The van der Waals surface area contributed by atoms with E-state index in [1.54, 1.807) is 36.4 Å². The molecule has 0 radical (unpaired) electrons. The molecule has 2 aromatic carbocycles. The van der Waals surface area contributed by atoms with Crippen molar-refractivity contribution in [2.45, 2.75) is 27.4 Å². The Balaban J connectivity index is 1.73. The third-order valence-electron chi connectivity index (χ3n) is 4.29. The summed E-state index contributed by atoms with van der Waals surface area (Å²) in [7, 11) is 0. The number of hydrogen-bond donors (Lipinski definition) is 2. The van der Waals surface area contributed by atoms with Gasteiger partial charge in [-0.25, -0.2) is 0 Å². The lowest BCUT2D eigenvalue weighted by atomic mass is 10.1. The van der Waals surface area contributed by atoms with Gasteiger partial charge in [0.2, 0.25) is 0 Å². The molecule has 0 saturated heterocycles. The molecule has 5 heteroatoms. The highest BCUT2D eigenvalue weighted by Gasteiger charge is 2.11. The number of rotatable bonds is 7. The van der Waals surface area contributed by atoms with Gasteiger partial charge in [-0.1, -0.05) is 26.0 Å². The highest BCUT2D eigenvalue weighted by molar-refractivity contribution is 6.05. The summed E-state index contributed by atoms with van der Waals surface area (Å²) in [5.74, 6) is 2.15. The molecule has 0 aliphatic carbocycles. The van der Waals surface area contributed by atoms with E-state index in [2.05, 4.69) is 19.2 Å². The number of nitrogens with one attached hydrogen (secondary N) is 1. The molecule has 0 saturated carbocycles. The third-order valence-corrected chi connectivity index (χ3v) is 4.29. The number of anilines is 1. The molecule has 1 amide bonds. The number of carbonyl (C=O) groups is 1. The molecule has 0 bridgehead atoms. The van der Waals surface area contributed by atoms with E-state index in [0.29, 0.717) is 35.3 Å². The number of carbonyl (C=O) groups excluding carboxylic acids is 1. The standard InChI is InChI=1S/C23H25NO4/c1-15(2)14-27-19-8-6-17(7-9-19)23(26)24-21-12-18(5-4-16(21)3)22-11-10-20(13-25)28-22/h4-12,15,25H,13-14H2,1-3H3,(H,24,26). The first-order valence-electron chi connectivity index (χ1n) is 9.31. The Morgan fingerprint density at radius 1 is 1.11 bits per heavy atom. The van der Waals surface area contributed by atoms with Crippen LogP contribution >= 0.6 is 0 Å². The zero-order chi connectivity index (χ0) is 20.1. The molecular weight excluding hydrogens is 354 g/mol. The minimum Gasteiger partial charge on any atom is -0.493 e. The van der Waals surface area contributed by atoms with Crippen molar-refractivity contribution in [1.82, 2.24) is 0 Å². The van der Waals surface area contributed by atoms with Gasteiger partial charge in [-0.3, -0.25) is 4.79 Å². The maximum Gasteiger partial charge on any atom is 0.255 e. The second-order valence-corrected chi connectivity index (χ2v) is 7.14. The molecule has 0 atom stereocenters. The van der Waals surface area contributed by atoms with E-state index in [4.69, 9.17) is 14.3 Å². The zero-order valence-corrected chi connectivity index (χ0v) is 16.4. The molecule has 1 heterocycles. The van der Waals surface area contributed by atoms with Gasteiger partial charge in [0.15, 0.2) is 0 Å². The molecule has 0 spiro atoms. The number of benzene rings is 2. The predicted octanol–water partition coefficient (Wildman–Crippen LogP) is 5.03. The first kappa shape index (κ1) is 19.7. The van der Waals surface area contributed by atoms with E-state index >= 15 is 0 Å². The number of aliphatic hydroxyl groups is 1. The molecule has 146 valence electrons. The lowest BCUT2D eigenvalue weighted by molar-refractivity contribution is 0.102. The van der Waals surface area contributed by atoms with Crippen molar-refractivity contribution in [2.24, 2.45) is 5.92 Å². The van der Waals surface area contributed by atoms with Crippen molar-refractivity contribution in [3.63, 3.8) is 0 Å². The molecule has 1 aromatic heterocycles. The second kappa shape index (κ2) is 8.76. The van der Waals surface area contributed by atoms with Crippen LogP contribution in [0.5, 0.6) is 5.75 Å². The average molecular weight is 379 g/mol. The molecule has 3 rings (SSSR count). The molecule has 0 aliphatic rings. The zero-order valence-electron chi connectivity index (χ0n) is 16.4. The van der Waals surface area contributed by atoms with Crippen molar-refractivity contribution in [3.05, 3.63) is 71.5 Å². The summed E-state index contributed by atoms with van der Waals surface area (Å²) >= 11 is 0. The minimum atomic E-state index is -0.189. The quantitative estimate of drug-likeness (QED) is 0.604. The number of furan rings is 1. The minimum absolute atomic E-state index is 0.146. The Morgan fingerprint density at radius 3 is 2.50 bits per heavy atom. The highest BCUT2D eigenvalue weighted by Crippen LogP contribution is 2.27. The fourth-order valence-electron chi connectivity index (χ4n) is 2.69. The summed E-state index contributed by atoms with van der Waals surface area (Å²) in [6.07, 6.45) is 0. The van der Waals surface area contributed by atoms with Gasteiger partial charge in [0.1, 0.15) is 23.9 Å². The van der Waals surface area contributed by atoms with E-state index in [9.17, 15) is 4.79 Å². The van der Waals surface area contributed by atoms with Crippen LogP contribution in [-0.4, -0.2) is 17.6 Å². The van der Waals surface area contributed by atoms with Crippen LogP contribution in [0.15, 0.2) is 59.0 Å². The Morgan fingerprint density at radius 2 is 1.86 bits per heavy atom. The van der Waals surface area contributed by atoms with Crippen molar-refractivity contribution in [2.75, 3.05) is 11.9 Å². The topological polar surface area (TPSA) is 71.7 Å². The third kappa shape index (κ3) is 4.81. The lowest BCUT2D eigenvalue weighted by Gasteiger charge is -2.11. The van der Waals surface area contributed by atoms with Gasteiger partial charge in [0.25, 0.3) is 5.91 Å². The molecular formula is C23H25NO4. The van der Waals surface area contributed by atoms with Crippen LogP contribution < -0.4 is 10.1 Å². The van der Waals surface area contributed by atoms with Crippen LogP contribution in [0.25, 0.3) is 11.3 Å². The van der Waals surface area contributed by atoms with Gasteiger partial charge in [0, 0.05) is 16.8 Å². The fraction of sp³-hybridized carbons (Fsp3) is 0.261. The van der Waals surface area contributed by atoms with Gasteiger partial charge in [-0.2, -0.15) is 0 Å². The van der Waals surface area contributed by atoms with Crippen LogP contribution in [0.3, 0.4) is 0 Å². The monoisotopic (exact) mass is 379 g/mol. The Bertz CT molecular complexity index is 941. The summed E-state index contributed by atoms with van der Waals surface area (Å²) in [4.78, 5) is 12.6. The fourth-order valence-corrected chi connectivity index (χ4v) is 2.69. The number of hydrogen-bond acceptors (Lipinski definition) is 4. The molecule has 5 nitrogen and oxygen atoms in total. The first-order valence-corrected chi connectivity index (χ1v) is 9.31. The number of aliphatic hydroxyl groups excluding tert-OH is 1. The SMILES string of the molecule is Cc1ccc(-c2ccc(CO)o2)cc1NC(=O)c1ccc(OCC(C)C)cc1. The molecule has 28 heavy (non-hydrogen) atoms. The van der Waals surface area contributed by atoms with Crippen molar-refractivity contribution in [1.29, 1.82) is 0 Å². The maximum absolute atomic E-state index is 12.6. The van der Waals surface area contributed by atoms with Crippen molar-refractivity contribution < 1.29 is 19.1 Å². The molecule has 0 unspecified atom stereocenters. The maximum atomic E-state index is 12.6. The van der Waals surface area contributed by atoms with Gasteiger partial charge in [-0.15, -0.1) is 0 Å². The Kier molecular flexibility index (Phi) is 6.16. The Labute approximate surface area is 165 Å². The van der Waals surface area contributed by atoms with Crippen molar-refractivity contribution in [3.8, 4) is 17.1 Å². The van der Waals surface area contributed by atoms with E-state index in [0.717, 1.165) is 16.9 Å². The number of ether oxygens (including phenoxy) is 1. The average Bonchev–Trinajstić information content (AvgIpc) is 3.17. The largest absolute Gasteiger partial charge is 0.493 e. The smallest absolute Gasteiger partial charge is 0.255 e.